The van der Waals surface area contributed by atoms with Gasteiger partial charge in [0.15, 0.2) is 9.84 Å². The highest BCUT2D eigenvalue weighted by molar-refractivity contribution is 7.90. The van der Waals surface area contributed by atoms with E-state index in [1.807, 2.05) is 6.07 Å². The normalized spacial score (nSPS) is 11.3. The van der Waals surface area contributed by atoms with Crippen molar-refractivity contribution in [1.29, 1.82) is 0 Å². The van der Waals surface area contributed by atoms with E-state index in [1.165, 1.54) is 22.9 Å². The first-order valence-corrected chi connectivity index (χ1v) is 8.35. The second-order valence-electron chi connectivity index (χ2n) is 5.07. The van der Waals surface area contributed by atoms with E-state index < -0.39 is 9.84 Å². The molecule has 1 N–H and O–H groups in total. The fraction of sp³-hybridized carbons (Fsp3) is 0.250. The number of hydrogen-bond acceptors (Lipinski definition) is 3. The monoisotopic (exact) mass is 289 g/mol. The topological polar surface area (TPSA) is 46.2 Å². The maximum atomic E-state index is 11.5. The molecule has 0 atom stereocenters. The Bertz CT molecular complexity index is 721. The SMILES string of the molecule is Cc1ccc(CNc2cccc(S(C)(=O)=O)c2)cc1C. The first-order valence-electron chi connectivity index (χ1n) is 6.46. The van der Waals surface area contributed by atoms with Crippen LogP contribution < -0.4 is 5.32 Å². The zero-order chi connectivity index (χ0) is 14.8. The summed E-state index contributed by atoms with van der Waals surface area (Å²) in [5.41, 5.74) is 4.52. The number of rotatable bonds is 4. The molecule has 0 spiro atoms. The maximum Gasteiger partial charge on any atom is 0.175 e. The summed E-state index contributed by atoms with van der Waals surface area (Å²) >= 11 is 0. The van der Waals surface area contributed by atoms with Crippen molar-refractivity contribution in [2.24, 2.45) is 0 Å². The van der Waals surface area contributed by atoms with Gasteiger partial charge in [0.2, 0.25) is 0 Å². The van der Waals surface area contributed by atoms with Crippen molar-refractivity contribution >= 4 is 15.5 Å². The molecule has 2 aromatic rings. The van der Waals surface area contributed by atoms with Gasteiger partial charge in [0.25, 0.3) is 0 Å². The van der Waals surface area contributed by atoms with Crippen LogP contribution in [0, 0.1) is 13.8 Å². The molecule has 0 radical (unpaired) electrons. The van der Waals surface area contributed by atoms with E-state index in [4.69, 9.17) is 0 Å². The van der Waals surface area contributed by atoms with E-state index in [-0.39, 0.29) is 0 Å². The summed E-state index contributed by atoms with van der Waals surface area (Å²) in [5.74, 6) is 0. The number of hydrogen-bond donors (Lipinski definition) is 1. The summed E-state index contributed by atoms with van der Waals surface area (Å²) in [6.07, 6.45) is 1.22. The number of benzene rings is 2. The molecule has 0 saturated carbocycles. The third-order valence-electron chi connectivity index (χ3n) is 3.33. The number of anilines is 1. The van der Waals surface area contributed by atoms with Crippen molar-refractivity contribution in [2.75, 3.05) is 11.6 Å². The van der Waals surface area contributed by atoms with Crippen molar-refractivity contribution < 1.29 is 8.42 Å². The van der Waals surface area contributed by atoms with Gasteiger partial charge in [-0.05, 0) is 48.7 Å². The molecule has 0 unspecified atom stereocenters. The standard InChI is InChI=1S/C16H19NO2S/c1-12-7-8-14(9-13(12)2)11-17-15-5-4-6-16(10-15)20(3,18)19/h4-10,17H,11H2,1-3H3. The lowest BCUT2D eigenvalue weighted by atomic mass is 10.1. The minimum absolute atomic E-state index is 0.336. The molecule has 0 saturated heterocycles. The lowest BCUT2D eigenvalue weighted by Crippen LogP contribution is -2.02. The van der Waals surface area contributed by atoms with E-state index in [9.17, 15) is 8.42 Å². The summed E-state index contributed by atoms with van der Waals surface area (Å²) in [4.78, 5) is 0.336. The molecule has 0 aromatic heterocycles. The van der Waals surface area contributed by atoms with Crippen LogP contribution in [0.2, 0.25) is 0 Å². The quantitative estimate of drug-likeness (QED) is 0.939. The van der Waals surface area contributed by atoms with E-state index in [1.54, 1.807) is 18.2 Å². The molecule has 3 nitrogen and oxygen atoms in total. The molecule has 0 heterocycles. The first-order chi connectivity index (χ1) is 9.36. The van der Waals surface area contributed by atoms with Crippen LogP contribution in [0.3, 0.4) is 0 Å². The molecule has 0 fully saturated rings. The van der Waals surface area contributed by atoms with Crippen molar-refractivity contribution in [3.63, 3.8) is 0 Å². The Morgan fingerprint density at radius 3 is 2.40 bits per heavy atom. The highest BCUT2D eigenvalue weighted by Crippen LogP contribution is 2.17. The van der Waals surface area contributed by atoms with E-state index >= 15 is 0 Å². The average Bonchev–Trinajstić information content (AvgIpc) is 2.39. The molecule has 0 amide bonds. The van der Waals surface area contributed by atoms with Gasteiger partial charge in [-0.15, -0.1) is 0 Å². The second kappa shape index (κ2) is 5.67. The molecule has 2 rings (SSSR count). The Labute approximate surface area is 120 Å². The van der Waals surface area contributed by atoms with Crippen LogP contribution in [0.25, 0.3) is 0 Å². The molecule has 0 bridgehead atoms. The van der Waals surface area contributed by atoms with Crippen LogP contribution in [0.1, 0.15) is 16.7 Å². The molecule has 0 aliphatic heterocycles. The Balaban J connectivity index is 2.13. The van der Waals surface area contributed by atoms with E-state index in [2.05, 4.69) is 37.4 Å². The molecule has 0 aliphatic carbocycles. The Kier molecular flexibility index (Phi) is 4.14. The van der Waals surface area contributed by atoms with Gasteiger partial charge in [0.1, 0.15) is 0 Å². The summed E-state index contributed by atoms with van der Waals surface area (Å²) in [6.45, 7) is 4.85. The highest BCUT2D eigenvalue weighted by atomic mass is 32.2. The lowest BCUT2D eigenvalue weighted by Gasteiger charge is -2.09. The molecule has 2 aromatic carbocycles. The minimum Gasteiger partial charge on any atom is -0.381 e. The summed E-state index contributed by atoms with van der Waals surface area (Å²) < 4.78 is 23.0. The third-order valence-corrected chi connectivity index (χ3v) is 4.44. The average molecular weight is 289 g/mol. The van der Waals surface area contributed by atoms with Crippen LogP contribution in [0.4, 0.5) is 5.69 Å². The predicted molar refractivity (Wildman–Crippen MR) is 82.8 cm³/mol. The lowest BCUT2D eigenvalue weighted by molar-refractivity contribution is 0.602. The van der Waals surface area contributed by atoms with Crippen LogP contribution in [0.15, 0.2) is 47.4 Å². The molecule has 4 heteroatoms. The number of sulfone groups is 1. The Morgan fingerprint density at radius 2 is 1.75 bits per heavy atom. The smallest absolute Gasteiger partial charge is 0.175 e. The third kappa shape index (κ3) is 3.61. The van der Waals surface area contributed by atoms with Crippen molar-refractivity contribution in [3.05, 3.63) is 59.2 Å². The zero-order valence-electron chi connectivity index (χ0n) is 12.0. The maximum absolute atomic E-state index is 11.5. The van der Waals surface area contributed by atoms with Gasteiger partial charge in [0.05, 0.1) is 4.90 Å². The van der Waals surface area contributed by atoms with Crippen LogP contribution in [-0.2, 0) is 16.4 Å². The summed E-state index contributed by atoms with van der Waals surface area (Å²) in [5, 5.41) is 3.26. The van der Waals surface area contributed by atoms with Crippen LogP contribution in [-0.4, -0.2) is 14.7 Å². The van der Waals surface area contributed by atoms with Gasteiger partial charge in [-0.2, -0.15) is 0 Å². The van der Waals surface area contributed by atoms with Crippen molar-refractivity contribution in [1.82, 2.24) is 0 Å². The first kappa shape index (κ1) is 14.6. The van der Waals surface area contributed by atoms with Gasteiger partial charge >= 0.3 is 0 Å². The fourth-order valence-corrected chi connectivity index (χ4v) is 2.62. The van der Waals surface area contributed by atoms with Gasteiger partial charge in [-0.25, -0.2) is 8.42 Å². The predicted octanol–water partition coefficient (Wildman–Crippen LogP) is 3.32. The summed E-state index contributed by atoms with van der Waals surface area (Å²) in [6, 6.07) is 13.2. The van der Waals surface area contributed by atoms with Crippen LogP contribution in [0.5, 0.6) is 0 Å². The fourth-order valence-electron chi connectivity index (χ4n) is 1.95. The number of nitrogens with one attached hydrogen (secondary N) is 1. The molecular formula is C16H19NO2S. The molecular weight excluding hydrogens is 270 g/mol. The minimum atomic E-state index is -3.16. The largest absolute Gasteiger partial charge is 0.381 e. The number of aryl methyl sites for hydroxylation is 2. The second-order valence-corrected chi connectivity index (χ2v) is 7.09. The van der Waals surface area contributed by atoms with Crippen molar-refractivity contribution in [3.8, 4) is 0 Å². The highest BCUT2D eigenvalue weighted by Gasteiger charge is 2.07. The Hall–Kier alpha value is -1.81. The van der Waals surface area contributed by atoms with Gasteiger partial charge in [-0.1, -0.05) is 24.3 Å². The van der Waals surface area contributed by atoms with E-state index in [0.29, 0.717) is 11.4 Å². The van der Waals surface area contributed by atoms with Gasteiger partial charge in [0, 0.05) is 18.5 Å². The van der Waals surface area contributed by atoms with Crippen LogP contribution >= 0.6 is 0 Å². The molecule has 106 valence electrons. The molecule has 20 heavy (non-hydrogen) atoms. The van der Waals surface area contributed by atoms with E-state index in [0.717, 1.165) is 5.69 Å². The van der Waals surface area contributed by atoms with Gasteiger partial charge < -0.3 is 5.32 Å². The molecule has 0 aliphatic rings. The van der Waals surface area contributed by atoms with Gasteiger partial charge in [-0.3, -0.25) is 0 Å². The van der Waals surface area contributed by atoms with Crippen molar-refractivity contribution in [2.45, 2.75) is 25.3 Å². The Morgan fingerprint density at radius 1 is 1.00 bits per heavy atom. The summed E-state index contributed by atoms with van der Waals surface area (Å²) in [7, 11) is -3.16. The zero-order valence-corrected chi connectivity index (χ0v) is 12.8.